The van der Waals surface area contributed by atoms with Crippen molar-refractivity contribution in [2.75, 3.05) is 0 Å². The van der Waals surface area contributed by atoms with Crippen LogP contribution in [0.2, 0.25) is 0 Å². The van der Waals surface area contributed by atoms with Crippen LogP contribution in [-0.4, -0.2) is 11.1 Å². The summed E-state index contributed by atoms with van der Waals surface area (Å²) in [6.45, 7) is 1.95. The summed E-state index contributed by atoms with van der Waals surface area (Å²) in [5, 5.41) is 8.89. The van der Waals surface area contributed by atoms with Gasteiger partial charge in [0.15, 0.2) is 0 Å². The molecule has 68 valence electrons. The summed E-state index contributed by atoms with van der Waals surface area (Å²) < 4.78 is 0. The van der Waals surface area contributed by atoms with Gasteiger partial charge in [0.1, 0.15) is 0 Å². The van der Waals surface area contributed by atoms with Gasteiger partial charge in [0, 0.05) is 0 Å². The molecular weight excluding hydrogens is 152 g/mol. The summed E-state index contributed by atoms with van der Waals surface area (Å²) in [6, 6.07) is 0. The molecule has 12 heavy (non-hydrogen) atoms. The Balaban J connectivity index is 2.58. The predicted octanol–water partition coefficient (Wildman–Crippen LogP) is 2.45. The Morgan fingerprint density at radius 3 is 2.92 bits per heavy atom. The van der Waals surface area contributed by atoms with Gasteiger partial charge in [-0.1, -0.05) is 19.1 Å². The molecule has 1 N–H and O–H groups in total. The van der Waals surface area contributed by atoms with Crippen LogP contribution in [0.3, 0.4) is 0 Å². The maximum atomic E-state index is 10.8. The standard InChI is InChI=1S/C10H16O2/c1-2-9(10(11)12)8-6-4-3-5-7-8/h4,6,8-9H,2-3,5,7H2,1H3,(H,11,12)/t8-,9?/m0/s1. The molecule has 0 heterocycles. The second-order valence-corrected chi connectivity index (χ2v) is 3.38. The third-order valence-electron chi connectivity index (χ3n) is 2.57. The quantitative estimate of drug-likeness (QED) is 0.657. The van der Waals surface area contributed by atoms with Gasteiger partial charge >= 0.3 is 5.97 Å². The summed E-state index contributed by atoms with van der Waals surface area (Å²) in [7, 11) is 0. The zero-order valence-corrected chi connectivity index (χ0v) is 7.49. The number of carboxylic acid groups (broad SMARTS) is 1. The molecule has 1 aliphatic carbocycles. The fourth-order valence-electron chi connectivity index (χ4n) is 1.83. The second-order valence-electron chi connectivity index (χ2n) is 3.38. The fourth-order valence-corrected chi connectivity index (χ4v) is 1.83. The van der Waals surface area contributed by atoms with E-state index in [4.69, 9.17) is 5.11 Å². The van der Waals surface area contributed by atoms with E-state index in [1.165, 1.54) is 0 Å². The van der Waals surface area contributed by atoms with Crippen LogP contribution in [0.15, 0.2) is 12.2 Å². The molecule has 0 aromatic carbocycles. The molecule has 1 rings (SSSR count). The third kappa shape index (κ3) is 2.10. The minimum atomic E-state index is -0.644. The number of hydrogen-bond donors (Lipinski definition) is 1. The molecule has 2 nitrogen and oxygen atoms in total. The average Bonchev–Trinajstić information content (AvgIpc) is 2.07. The van der Waals surface area contributed by atoms with Gasteiger partial charge in [-0.3, -0.25) is 4.79 Å². The Bertz CT molecular complexity index is 184. The highest BCUT2D eigenvalue weighted by Gasteiger charge is 2.24. The van der Waals surface area contributed by atoms with E-state index >= 15 is 0 Å². The molecule has 0 aliphatic heterocycles. The molecular formula is C10H16O2. The highest BCUT2D eigenvalue weighted by Crippen LogP contribution is 2.26. The Labute approximate surface area is 73.3 Å². The van der Waals surface area contributed by atoms with Crippen LogP contribution in [0.25, 0.3) is 0 Å². The highest BCUT2D eigenvalue weighted by molar-refractivity contribution is 5.70. The first-order chi connectivity index (χ1) is 5.75. The fraction of sp³-hybridized carbons (Fsp3) is 0.700. The summed E-state index contributed by atoms with van der Waals surface area (Å²) in [5.41, 5.74) is 0. The van der Waals surface area contributed by atoms with Crippen LogP contribution < -0.4 is 0 Å². The lowest BCUT2D eigenvalue weighted by Crippen LogP contribution is -2.22. The van der Waals surface area contributed by atoms with Gasteiger partial charge < -0.3 is 5.11 Å². The van der Waals surface area contributed by atoms with E-state index in [-0.39, 0.29) is 11.8 Å². The summed E-state index contributed by atoms with van der Waals surface area (Å²) >= 11 is 0. The zero-order valence-electron chi connectivity index (χ0n) is 7.49. The molecule has 1 aliphatic rings. The second kappa shape index (κ2) is 4.29. The molecule has 0 aromatic heterocycles. The maximum Gasteiger partial charge on any atom is 0.307 e. The topological polar surface area (TPSA) is 37.3 Å². The van der Waals surface area contributed by atoms with E-state index in [0.29, 0.717) is 0 Å². The first-order valence-corrected chi connectivity index (χ1v) is 4.65. The molecule has 0 saturated carbocycles. The monoisotopic (exact) mass is 168 g/mol. The maximum absolute atomic E-state index is 10.8. The Kier molecular flexibility index (Phi) is 3.32. The lowest BCUT2D eigenvalue weighted by Gasteiger charge is -2.21. The van der Waals surface area contributed by atoms with Crippen LogP contribution in [0.4, 0.5) is 0 Å². The number of hydrogen-bond acceptors (Lipinski definition) is 1. The van der Waals surface area contributed by atoms with Crippen molar-refractivity contribution in [1.82, 2.24) is 0 Å². The van der Waals surface area contributed by atoms with Crippen LogP contribution in [0.5, 0.6) is 0 Å². The van der Waals surface area contributed by atoms with E-state index < -0.39 is 5.97 Å². The lowest BCUT2D eigenvalue weighted by molar-refractivity contribution is -0.143. The van der Waals surface area contributed by atoms with Gasteiger partial charge in [0.05, 0.1) is 5.92 Å². The smallest absolute Gasteiger partial charge is 0.307 e. The van der Waals surface area contributed by atoms with E-state index in [1.807, 2.05) is 6.92 Å². The molecule has 0 saturated heterocycles. The van der Waals surface area contributed by atoms with Crippen LogP contribution in [-0.2, 0) is 4.79 Å². The predicted molar refractivity (Wildman–Crippen MR) is 47.9 cm³/mol. The average molecular weight is 168 g/mol. The Morgan fingerprint density at radius 1 is 1.75 bits per heavy atom. The van der Waals surface area contributed by atoms with Crippen molar-refractivity contribution in [3.8, 4) is 0 Å². The Hall–Kier alpha value is -0.790. The van der Waals surface area contributed by atoms with Crippen molar-refractivity contribution in [2.45, 2.75) is 32.6 Å². The van der Waals surface area contributed by atoms with Crippen molar-refractivity contribution in [1.29, 1.82) is 0 Å². The van der Waals surface area contributed by atoms with Gasteiger partial charge in [-0.05, 0) is 31.6 Å². The van der Waals surface area contributed by atoms with Crippen molar-refractivity contribution in [2.24, 2.45) is 11.8 Å². The minimum Gasteiger partial charge on any atom is -0.481 e. The summed E-state index contributed by atoms with van der Waals surface area (Å²) in [4.78, 5) is 10.8. The molecule has 1 unspecified atom stereocenters. The zero-order chi connectivity index (χ0) is 8.97. The van der Waals surface area contributed by atoms with E-state index in [9.17, 15) is 4.79 Å². The number of carboxylic acids is 1. The molecule has 0 radical (unpaired) electrons. The SMILES string of the molecule is CCC(C(=O)O)[C@H]1C=CCCC1. The largest absolute Gasteiger partial charge is 0.481 e. The van der Waals surface area contributed by atoms with Crippen molar-refractivity contribution < 1.29 is 9.90 Å². The summed E-state index contributed by atoms with van der Waals surface area (Å²) in [5.74, 6) is -0.531. The van der Waals surface area contributed by atoms with Gasteiger partial charge in [0.25, 0.3) is 0 Å². The molecule has 2 heteroatoms. The lowest BCUT2D eigenvalue weighted by atomic mass is 9.83. The number of rotatable bonds is 3. The number of carbonyl (C=O) groups is 1. The van der Waals surface area contributed by atoms with Crippen molar-refractivity contribution in [3.05, 3.63) is 12.2 Å². The van der Waals surface area contributed by atoms with Gasteiger partial charge in [-0.25, -0.2) is 0 Å². The molecule has 0 bridgehead atoms. The molecule has 0 spiro atoms. The van der Waals surface area contributed by atoms with Crippen LogP contribution in [0, 0.1) is 11.8 Å². The van der Waals surface area contributed by atoms with Crippen LogP contribution >= 0.6 is 0 Å². The molecule has 0 amide bonds. The molecule has 0 fully saturated rings. The first kappa shape index (κ1) is 9.30. The van der Waals surface area contributed by atoms with E-state index in [1.54, 1.807) is 0 Å². The van der Waals surface area contributed by atoms with Crippen LogP contribution in [0.1, 0.15) is 32.6 Å². The Morgan fingerprint density at radius 2 is 2.50 bits per heavy atom. The minimum absolute atomic E-state index is 0.165. The van der Waals surface area contributed by atoms with E-state index in [0.717, 1.165) is 25.7 Å². The molecule has 0 aromatic rings. The van der Waals surface area contributed by atoms with Crippen molar-refractivity contribution in [3.63, 3.8) is 0 Å². The number of aliphatic carboxylic acids is 1. The molecule has 2 atom stereocenters. The third-order valence-corrected chi connectivity index (χ3v) is 2.57. The highest BCUT2D eigenvalue weighted by atomic mass is 16.4. The van der Waals surface area contributed by atoms with Gasteiger partial charge in [-0.15, -0.1) is 0 Å². The first-order valence-electron chi connectivity index (χ1n) is 4.65. The number of allylic oxidation sites excluding steroid dienone is 2. The van der Waals surface area contributed by atoms with Gasteiger partial charge in [-0.2, -0.15) is 0 Å². The van der Waals surface area contributed by atoms with Crippen molar-refractivity contribution >= 4 is 5.97 Å². The van der Waals surface area contributed by atoms with E-state index in [2.05, 4.69) is 12.2 Å². The summed E-state index contributed by atoms with van der Waals surface area (Å²) in [6.07, 6.45) is 8.23. The van der Waals surface area contributed by atoms with Gasteiger partial charge in [0.2, 0.25) is 0 Å². The normalized spacial score (nSPS) is 25.2.